The van der Waals surface area contributed by atoms with Crippen molar-refractivity contribution < 1.29 is 4.79 Å². The van der Waals surface area contributed by atoms with Crippen LogP contribution in [-0.2, 0) is 0 Å². The molecule has 3 rings (SSSR count). The Morgan fingerprint density at radius 1 is 1.05 bits per heavy atom. The molecule has 0 amide bonds. The summed E-state index contributed by atoms with van der Waals surface area (Å²) in [5.41, 5.74) is 3.10. The van der Waals surface area contributed by atoms with Crippen LogP contribution in [-0.4, -0.2) is 10.8 Å². The number of ketones is 1. The summed E-state index contributed by atoms with van der Waals surface area (Å²) >= 11 is 9.30. The second-order valence-corrected chi connectivity index (χ2v) is 6.08. The predicted octanol–water partition coefficient (Wildman–Crippen LogP) is 5.19. The van der Waals surface area contributed by atoms with E-state index in [1.165, 1.54) is 0 Å². The Balaban J connectivity index is 2.04. The lowest BCUT2D eigenvalue weighted by Crippen LogP contribution is -2.01. The Bertz CT molecular complexity index is 861. The molecule has 0 N–H and O–H groups in total. The first-order valence-corrected chi connectivity index (χ1v) is 7.59. The fourth-order valence-corrected chi connectivity index (χ4v) is 2.67. The van der Waals surface area contributed by atoms with Gasteiger partial charge in [-0.15, -0.1) is 0 Å². The van der Waals surface area contributed by atoms with Gasteiger partial charge in [0.25, 0.3) is 0 Å². The number of carbonyl (C=O) groups is 1. The van der Waals surface area contributed by atoms with E-state index in [1.807, 2.05) is 31.2 Å². The molecule has 0 aliphatic heterocycles. The molecule has 1 heterocycles. The SMILES string of the molecule is Cc1ccc2cc(C(=O)c3ccc(Cl)c(Br)c3)ccc2n1. The zero-order valence-electron chi connectivity index (χ0n) is 11.2. The van der Waals surface area contributed by atoms with Crippen LogP contribution < -0.4 is 0 Å². The van der Waals surface area contributed by atoms with Crippen molar-refractivity contribution in [3.8, 4) is 0 Å². The van der Waals surface area contributed by atoms with Gasteiger partial charge < -0.3 is 0 Å². The van der Waals surface area contributed by atoms with Crippen LogP contribution in [0.25, 0.3) is 10.9 Å². The zero-order valence-corrected chi connectivity index (χ0v) is 13.6. The van der Waals surface area contributed by atoms with Gasteiger partial charge in [-0.2, -0.15) is 0 Å². The van der Waals surface area contributed by atoms with E-state index in [4.69, 9.17) is 11.6 Å². The van der Waals surface area contributed by atoms with Crippen LogP contribution in [0.4, 0.5) is 0 Å². The summed E-state index contributed by atoms with van der Waals surface area (Å²) in [6.45, 7) is 1.95. The highest BCUT2D eigenvalue weighted by Crippen LogP contribution is 2.25. The zero-order chi connectivity index (χ0) is 15.0. The Morgan fingerprint density at radius 3 is 2.52 bits per heavy atom. The lowest BCUT2D eigenvalue weighted by atomic mass is 10.0. The Labute approximate surface area is 135 Å². The highest BCUT2D eigenvalue weighted by molar-refractivity contribution is 9.10. The Hall–Kier alpha value is -1.71. The number of aromatic nitrogens is 1. The number of pyridine rings is 1. The second kappa shape index (κ2) is 5.58. The van der Waals surface area contributed by atoms with Crippen LogP contribution in [0.3, 0.4) is 0 Å². The molecule has 2 aromatic carbocycles. The van der Waals surface area contributed by atoms with Gasteiger partial charge in [-0.25, -0.2) is 0 Å². The van der Waals surface area contributed by atoms with E-state index in [2.05, 4.69) is 20.9 Å². The quantitative estimate of drug-likeness (QED) is 0.589. The maximum atomic E-state index is 12.5. The number of nitrogens with zero attached hydrogens (tertiary/aromatic N) is 1. The van der Waals surface area contributed by atoms with Crippen molar-refractivity contribution in [1.82, 2.24) is 4.98 Å². The smallest absolute Gasteiger partial charge is 0.193 e. The molecule has 4 heteroatoms. The first kappa shape index (κ1) is 14.2. The van der Waals surface area contributed by atoms with Gasteiger partial charge in [-0.3, -0.25) is 9.78 Å². The highest BCUT2D eigenvalue weighted by Gasteiger charge is 2.11. The first-order valence-electron chi connectivity index (χ1n) is 6.42. The van der Waals surface area contributed by atoms with Crippen molar-refractivity contribution in [2.45, 2.75) is 6.92 Å². The van der Waals surface area contributed by atoms with Gasteiger partial charge in [0, 0.05) is 26.7 Å². The molecule has 0 spiro atoms. The molecule has 0 aliphatic carbocycles. The number of hydrogen-bond donors (Lipinski definition) is 0. The van der Waals surface area contributed by atoms with Gasteiger partial charge in [0.1, 0.15) is 0 Å². The van der Waals surface area contributed by atoms with E-state index >= 15 is 0 Å². The van der Waals surface area contributed by atoms with Crippen LogP contribution in [0.5, 0.6) is 0 Å². The first-order chi connectivity index (χ1) is 10.0. The second-order valence-electron chi connectivity index (χ2n) is 4.82. The molecule has 2 nitrogen and oxygen atoms in total. The largest absolute Gasteiger partial charge is 0.289 e. The molecular formula is C17H11BrClNO. The Morgan fingerprint density at radius 2 is 1.76 bits per heavy atom. The van der Waals surface area contributed by atoms with Crippen LogP contribution in [0.15, 0.2) is 53.0 Å². The number of rotatable bonds is 2. The summed E-state index contributed by atoms with van der Waals surface area (Å²) in [6, 6.07) is 14.6. The van der Waals surface area contributed by atoms with Gasteiger partial charge in [0.2, 0.25) is 0 Å². The predicted molar refractivity (Wildman–Crippen MR) is 89.1 cm³/mol. The number of carbonyl (C=O) groups excluding carboxylic acids is 1. The third-order valence-electron chi connectivity index (χ3n) is 3.27. The van der Waals surface area contributed by atoms with Gasteiger partial charge in [0.15, 0.2) is 5.78 Å². The maximum Gasteiger partial charge on any atom is 0.193 e. The molecule has 104 valence electrons. The lowest BCUT2D eigenvalue weighted by molar-refractivity contribution is 0.103. The summed E-state index contributed by atoms with van der Waals surface area (Å²) in [6.07, 6.45) is 0. The number of aryl methyl sites for hydroxylation is 1. The molecule has 0 bridgehead atoms. The van der Waals surface area contributed by atoms with Crippen molar-refractivity contribution in [2.24, 2.45) is 0 Å². The average Bonchev–Trinajstić information content (AvgIpc) is 2.49. The fraction of sp³-hybridized carbons (Fsp3) is 0.0588. The third-order valence-corrected chi connectivity index (χ3v) is 4.49. The highest BCUT2D eigenvalue weighted by atomic mass is 79.9. The van der Waals surface area contributed by atoms with Crippen molar-refractivity contribution >= 4 is 44.2 Å². The molecule has 21 heavy (non-hydrogen) atoms. The van der Waals surface area contributed by atoms with Crippen LogP contribution in [0, 0.1) is 6.92 Å². The minimum absolute atomic E-state index is 0.0326. The monoisotopic (exact) mass is 359 g/mol. The summed E-state index contributed by atoms with van der Waals surface area (Å²) in [7, 11) is 0. The van der Waals surface area contributed by atoms with Gasteiger partial charge in [-0.05, 0) is 65.3 Å². The van der Waals surface area contributed by atoms with E-state index in [9.17, 15) is 4.79 Å². The summed E-state index contributed by atoms with van der Waals surface area (Å²) < 4.78 is 0.716. The molecule has 0 saturated heterocycles. The van der Waals surface area contributed by atoms with E-state index in [1.54, 1.807) is 24.3 Å². The average molecular weight is 361 g/mol. The Kier molecular flexibility index (Phi) is 3.79. The number of halogens is 2. The fourth-order valence-electron chi connectivity index (χ4n) is 2.17. The molecule has 3 aromatic rings. The van der Waals surface area contributed by atoms with Crippen LogP contribution in [0.1, 0.15) is 21.6 Å². The minimum atomic E-state index is -0.0326. The number of hydrogen-bond acceptors (Lipinski definition) is 2. The van der Waals surface area contributed by atoms with Crippen molar-refractivity contribution in [3.63, 3.8) is 0 Å². The van der Waals surface area contributed by atoms with Crippen molar-refractivity contribution in [3.05, 3.63) is 74.8 Å². The summed E-state index contributed by atoms with van der Waals surface area (Å²) in [5, 5.41) is 1.55. The van der Waals surface area contributed by atoms with E-state index < -0.39 is 0 Å². The molecule has 0 fully saturated rings. The van der Waals surface area contributed by atoms with E-state index in [0.717, 1.165) is 16.6 Å². The van der Waals surface area contributed by atoms with E-state index in [-0.39, 0.29) is 5.78 Å². The standard InChI is InChI=1S/C17H11BrClNO/c1-10-2-3-11-8-12(5-7-16(11)20-10)17(21)13-4-6-15(19)14(18)9-13/h2-9H,1H3. The molecule has 0 radical (unpaired) electrons. The minimum Gasteiger partial charge on any atom is -0.289 e. The molecule has 0 atom stereocenters. The third kappa shape index (κ3) is 2.85. The van der Waals surface area contributed by atoms with Crippen LogP contribution >= 0.6 is 27.5 Å². The molecular weight excluding hydrogens is 350 g/mol. The number of fused-ring (bicyclic) bond motifs is 1. The molecule has 1 aromatic heterocycles. The maximum absolute atomic E-state index is 12.5. The van der Waals surface area contributed by atoms with Gasteiger partial charge in [0.05, 0.1) is 10.5 Å². The normalized spacial score (nSPS) is 10.8. The van der Waals surface area contributed by atoms with Gasteiger partial charge >= 0.3 is 0 Å². The molecule has 0 saturated carbocycles. The number of benzene rings is 2. The van der Waals surface area contributed by atoms with Crippen LogP contribution in [0.2, 0.25) is 5.02 Å². The molecule has 0 aliphatic rings. The summed E-state index contributed by atoms with van der Waals surface area (Å²) in [4.78, 5) is 17.0. The van der Waals surface area contributed by atoms with E-state index in [0.29, 0.717) is 20.6 Å². The van der Waals surface area contributed by atoms with Crippen molar-refractivity contribution in [1.29, 1.82) is 0 Å². The molecule has 0 unspecified atom stereocenters. The summed E-state index contributed by atoms with van der Waals surface area (Å²) in [5.74, 6) is -0.0326. The van der Waals surface area contributed by atoms with Gasteiger partial charge in [-0.1, -0.05) is 17.7 Å². The topological polar surface area (TPSA) is 30.0 Å². The van der Waals surface area contributed by atoms with Crippen molar-refractivity contribution in [2.75, 3.05) is 0 Å². The lowest BCUT2D eigenvalue weighted by Gasteiger charge is -2.05.